The second-order valence-corrected chi connectivity index (χ2v) is 2.61. The number of rotatable bonds is 1. The molecule has 0 saturated carbocycles. The number of hydrogen-bond donors (Lipinski definition) is 1. The summed E-state index contributed by atoms with van der Waals surface area (Å²) in [5, 5.41) is 8.65. The molecule has 0 bridgehead atoms. The molecule has 0 radical (unpaired) electrons. The summed E-state index contributed by atoms with van der Waals surface area (Å²) in [5.41, 5.74) is -2.94. The third-order valence-electron chi connectivity index (χ3n) is 1.64. The zero-order valence-electron chi connectivity index (χ0n) is 6.90. The van der Waals surface area contributed by atoms with E-state index in [-0.39, 0.29) is 12.4 Å². The highest BCUT2D eigenvalue weighted by molar-refractivity contribution is 5.76. The molecule has 0 fully saturated rings. The van der Waals surface area contributed by atoms with Crippen LogP contribution in [0.25, 0.3) is 0 Å². The smallest absolute Gasteiger partial charge is 0.419 e. The summed E-state index contributed by atoms with van der Waals surface area (Å²) in [6, 6.07) is -0.00259. The van der Waals surface area contributed by atoms with Gasteiger partial charge in [-0.2, -0.15) is 13.2 Å². The minimum absolute atomic E-state index is 0.00259. The molecule has 1 N–H and O–H groups in total. The normalized spacial score (nSPS) is 11.5. The quantitative estimate of drug-likeness (QED) is 0.590. The second-order valence-electron chi connectivity index (χ2n) is 2.61. The lowest BCUT2D eigenvalue weighted by Gasteiger charge is -2.10. The number of phenols is 1. The zero-order valence-corrected chi connectivity index (χ0v) is 6.90. The van der Waals surface area contributed by atoms with E-state index < -0.39 is 34.7 Å². The summed E-state index contributed by atoms with van der Waals surface area (Å²) in [6.45, 7) is 0. The van der Waals surface area contributed by atoms with E-state index in [1.54, 1.807) is 0 Å². The van der Waals surface area contributed by atoms with Gasteiger partial charge in [0, 0.05) is 0 Å². The van der Waals surface area contributed by atoms with Crippen molar-refractivity contribution >= 4 is 6.29 Å². The first-order valence-electron chi connectivity index (χ1n) is 3.52. The number of alkyl halides is 3. The number of aldehydes is 1. The van der Waals surface area contributed by atoms with Crippen LogP contribution >= 0.6 is 0 Å². The summed E-state index contributed by atoms with van der Waals surface area (Å²) in [4.78, 5) is 10.1. The third kappa shape index (κ3) is 1.90. The van der Waals surface area contributed by atoms with Gasteiger partial charge in [0.05, 0.1) is 11.1 Å². The van der Waals surface area contributed by atoms with E-state index in [2.05, 4.69) is 0 Å². The van der Waals surface area contributed by atoms with Crippen molar-refractivity contribution in [2.75, 3.05) is 0 Å². The lowest BCUT2D eigenvalue weighted by Crippen LogP contribution is -2.10. The van der Waals surface area contributed by atoms with Crippen LogP contribution in [0.3, 0.4) is 0 Å². The SMILES string of the molecule is O=Cc1cc(C(F)(F)F)c(F)c(O)c1F. The molecule has 2 nitrogen and oxygen atoms in total. The summed E-state index contributed by atoms with van der Waals surface area (Å²) in [5.74, 6) is -5.66. The van der Waals surface area contributed by atoms with Gasteiger partial charge in [0.25, 0.3) is 0 Å². The highest BCUT2D eigenvalue weighted by atomic mass is 19.4. The van der Waals surface area contributed by atoms with Gasteiger partial charge in [0.1, 0.15) is 0 Å². The highest BCUT2D eigenvalue weighted by Gasteiger charge is 2.37. The van der Waals surface area contributed by atoms with Crippen LogP contribution < -0.4 is 0 Å². The largest absolute Gasteiger partial charge is 0.503 e. The fourth-order valence-corrected chi connectivity index (χ4v) is 0.935. The van der Waals surface area contributed by atoms with E-state index in [0.29, 0.717) is 0 Å². The Kier molecular flexibility index (Phi) is 2.65. The van der Waals surface area contributed by atoms with E-state index in [0.717, 1.165) is 0 Å². The Morgan fingerprint density at radius 1 is 1.20 bits per heavy atom. The molecule has 0 saturated heterocycles. The van der Waals surface area contributed by atoms with Crippen molar-refractivity contribution in [1.82, 2.24) is 0 Å². The number of halogens is 5. The topological polar surface area (TPSA) is 37.3 Å². The first kappa shape index (κ1) is 11.4. The van der Waals surface area contributed by atoms with E-state index in [4.69, 9.17) is 5.11 Å². The van der Waals surface area contributed by atoms with Crippen LogP contribution in [0, 0.1) is 11.6 Å². The van der Waals surface area contributed by atoms with E-state index in [1.165, 1.54) is 0 Å². The van der Waals surface area contributed by atoms with Gasteiger partial charge in [-0.1, -0.05) is 0 Å². The van der Waals surface area contributed by atoms with Gasteiger partial charge in [-0.15, -0.1) is 0 Å². The van der Waals surface area contributed by atoms with Gasteiger partial charge in [0.15, 0.2) is 23.7 Å². The van der Waals surface area contributed by atoms with Gasteiger partial charge in [-0.3, -0.25) is 4.79 Å². The van der Waals surface area contributed by atoms with Crippen molar-refractivity contribution in [3.05, 3.63) is 28.8 Å². The summed E-state index contributed by atoms with van der Waals surface area (Å²) in [7, 11) is 0. The predicted molar refractivity (Wildman–Crippen MR) is 38.4 cm³/mol. The zero-order chi connectivity index (χ0) is 11.8. The molecule has 0 aliphatic carbocycles. The highest BCUT2D eigenvalue weighted by Crippen LogP contribution is 2.36. The van der Waals surface area contributed by atoms with Gasteiger partial charge in [-0.25, -0.2) is 8.78 Å². The molecule has 0 unspecified atom stereocenters. The minimum atomic E-state index is -5.10. The molecular weight excluding hydrogens is 223 g/mol. The average molecular weight is 226 g/mol. The maximum Gasteiger partial charge on any atom is 0.419 e. The standard InChI is InChI=1S/C8H3F5O2/c9-5-3(2-14)1-4(8(11,12)13)6(10)7(5)15/h1-2,15H. The van der Waals surface area contributed by atoms with E-state index >= 15 is 0 Å². The van der Waals surface area contributed by atoms with Gasteiger partial charge >= 0.3 is 6.18 Å². The van der Waals surface area contributed by atoms with E-state index in [1.807, 2.05) is 0 Å². The molecule has 0 aromatic heterocycles. The molecule has 1 rings (SSSR count). The maximum absolute atomic E-state index is 12.7. The van der Waals surface area contributed by atoms with Crippen LogP contribution in [-0.4, -0.2) is 11.4 Å². The summed E-state index contributed by atoms with van der Waals surface area (Å²) >= 11 is 0. The first-order chi connectivity index (χ1) is 6.79. The van der Waals surface area contributed by atoms with Gasteiger partial charge in [0.2, 0.25) is 0 Å². The summed E-state index contributed by atoms with van der Waals surface area (Å²) in [6.07, 6.45) is -5.35. The van der Waals surface area contributed by atoms with Crippen molar-refractivity contribution in [3.8, 4) is 5.75 Å². The molecule has 0 atom stereocenters. The van der Waals surface area contributed by atoms with Crippen LogP contribution in [0.5, 0.6) is 5.75 Å². The fraction of sp³-hybridized carbons (Fsp3) is 0.125. The summed E-state index contributed by atoms with van der Waals surface area (Å²) < 4.78 is 61.8. The van der Waals surface area contributed by atoms with Gasteiger partial charge < -0.3 is 5.11 Å². The molecule has 1 aromatic rings. The Morgan fingerprint density at radius 2 is 1.73 bits per heavy atom. The van der Waals surface area contributed by atoms with Gasteiger partial charge in [-0.05, 0) is 6.07 Å². The van der Waals surface area contributed by atoms with Crippen molar-refractivity contribution < 1.29 is 31.9 Å². The minimum Gasteiger partial charge on any atom is -0.503 e. The maximum atomic E-state index is 12.7. The van der Waals surface area contributed by atoms with Crippen molar-refractivity contribution in [2.45, 2.75) is 6.18 Å². The monoisotopic (exact) mass is 226 g/mol. The lowest BCUT2D eigenvalue weighted by molar-refractivity contribution is -0.140. The number of hydrogen-bond acceptors (Lipinski definition) is 2. The Bertz CT molecular complexity index is 410. The Labute approximate surface area is 79.9 Å². The molecule has 0 aliphatic heterocycles. The third-order valence-corrected chi connectivity index (χ3v) is 1.64. The molecule has 1 aromatic carbocycles. The molecule has 82 valence electrons. The molecule has 0 heterocycles. The number of carbonyl (C=O) groups is 1. The van der Waals surface area contributed by atoms with Crippen LogP contribution in [0.1, 0.15) is 15.9 Å². The van der Waals surface area contributed by atoms with E-state index in [9.17, 15) is 26.7 Å². The van der Waals surface area contributed by atoms with Crippen LogP contribution in [0.4, 0.5) is 22.0 Å². The van der Waals surface area contributed by atoms with Crippen LogP contribution in [0.15, 0.2) is 6.07 Å². The fourth-order valence-electron chi connectivity index (χ4n) is 0.935. The molecule has 0 aliphatic rings. The lowest BCUT2D eigenvalue weighted by atomic mass is 10.1. The number of phenolic OH excluding ortho intramolecular Hbond substituents is 1. The number of benzene rings is 1. The van der Waals surface area contributed by atoms with Crippen LogP contribution in [0.2, 0.25) is 0 Å². The predicted octanol–water partition coefficient (Wildman–Crippen LogP) is 2.50. The number of aromatic hydroxyl groups is 1. The molecule has 15 heavy (non-hydrogen) atoms. The Balaban J connectivity index is 3.56. The van der Waals surface area contributed by atoms with Crippen molar-refractivity contribution in [3.63, 3.8) is 0 Å². The molecule has 7 heteroatoms. The first-order valence-corrected chi connectivity index (χ1v) is 3.52. The second kappa shape index (κ2) is 3.48. The molecule has 0 amide bonds. The Morgan fingerprint density at radius 3 is 2.13 bits per heavy atom. The van der Waals surface area contributed by atoms with Crippen LogP contribution in [-0.2, 0) is 6.18 Å². The molecule has 0 spiro atoms. The van der Waals surface area contributed by atoms with Crippen molar-refractivity contribution in [1.29, 1.82) is 0 Å². The van der Waals surface area contributed by atoms with Crippen molar-refractivity contribution in [2.24, 2.45) is 0 Å². The Hall–Kier alpha value is -1.66. The number of carbonyl (C=O) groups excluding carboxylic acids is 1. The average Bonchev–Trinajstić information content (AvgIpc) is 2.13. The molecular formula is C8H3F5O2.